The molecule has 3 unspecified atom stereocenters. The van der Waals surface area contributed by atoms with Gasteiger partial charge in [0.25, 0.3) is 0 Å². The first-order valence-electron chi connectivity index (χ1n) is 17.8. The highest BCUT2D eigenvalue weighted by atomic mass is 16.5. The predicted octanol–water partition coefficient (Wildman–Crippen LogP) is 10.6. The van der Waals surface area contributed by atoms with Gasteiger partial charge >= 0.3 is 11.9 Å². The molecular weight excluding hydrogens is 548 g/mol. The standard InChI is InChI=1S/C24H38O4.C15H24O/c1-5-9-13-19(7-3)17-27-23(25)21-15-11-12-16-22(21)24(26)28-18-20(8-4)14-10-6-2;1-10-5-7-15(4)13(9-10)16-12-6-8-14(15,3)11(12)2/h11-12,15-16,19-20H,5-10,13-14,17-18H2,1-4H3;6,10-11,13H,5,7-9H2,1-4H3/t;10?,11-,13-,14+,15+/m.1/s1. The van der Waals surface area contributed by atoms with Crippen LogP contribution >= 0.6 is 0 Å². The van der Waals surface area contributed by atoms with E-state index in [4.69, 9.17) is 14.2 Å². The van der Waals surface area contributed by atoms with Crippen molar-refractivity contribution in [2.24, 2.45) is 34.5 Å². The van der Waals surface area contributed by atoms with Crippen LogP contribution in [0, 0.1) is 34.5 Å². The van der Waals surface area contributed by atoms with E-state index in [2.05, 4.69) is 61.5 Å². The van der Waals surface area contributed by atoms with Crippen molar-refractivity contribution in [1.29, 1.82) is 0 Å². The maximum absolute atomic E-state index is 12.6. The molecule has 2 bridgehead atoms. The molecule has 3 aliphatic rings. The molecule has 2 fully saturated rings. The molecule has 0 N–H and O–H groups in total. The first kappa shape index (κ1) is 36.2. The zero-order valence-corrected chi connectivity index (χ0v) is 29.2. The molecule has 248 valence electrons. The van der Waals surface area contributed by atoms with Gasteiger partial charge in [0.2, 0.25) is 0 Å². The topological polar surface area (TPSA) is 61.8 Å². The van der Waals surface area contributed by atoms with Crippen LogP contribution in [0.2, 0.25) is 0 Å². The van der Waals surface area contributed by atoms with Gasteiger partial charge in [-0.25, -0.2) is 9.59 Å². The third-order valence-corrected chi connectivity index (χ3v) is 11.5. The van der Waals surface area contributed by atoms with E-state index < -0.39 is 11.9 Å². The van der Waals surface area contributed by atoms with Crippen molar-refractivity contribution >= 4 is 11.9 Å². The van der Waals surface area contributed by atoms with Crippen LogP contribution in [0.25, 0.3) is 0 Å². The van der Waals surface area contributed by atoms with Gasteiger partial charge in [0.05, 0.1) is 30.1 Å². The lowest BCUT2D eigenvalue weighted by atomic mass is 9.51. The van der Waals surface area contributed by atoms with Crippen LogP contribution in [-0.2, 0) is 14.2 Å². The Morgan fingerprint density at radius 3 is 1.86 bits per heavy atom. The van der Waals surface area contributed by atoms with Crippen LogP contribution in [0.5, 0.6) is 0 Å². The van der Waals surface area contributed by atoms with Crippen LogP contribution in [0.15, 0.2) is 36.1 Å². The summed E-state index contributed by atoms with van der Waals surface area (Å²) in [6.07, 6.45) is 16.7. The highest BCUT2D eigenvalue weighted by molar-refractivity contribution is 6.03. The van der Waals surface area contributed by atoms with Crippen LogP contribution in [-0.4, -0.2) is 31.3 Å². The number of fused-ring (bicyclic) bond motifs is 4. The minimum atomic E-state index is -0.444. The first-order valence-corrected chi connectivity index (χ1v) is 17.8. The number of allylic oxidation sites excluding steroid dienone is 2. The van der Waals surface area contributed by atoms with Crippen LogP contribution in [0.3, 0.4) is 0 Å². The van der Waals surface area contributed by atoms with Crippen molar-refractivity contribution in [3.8, 4) is 0 Å². The summed E-state index contributed by atoms with van der Waals surface area (Å²) < 4.78 is 17.3. The third kappa shape index (κ3) is 8.49. The van der Waals surface area contributed by atoms with E-state index in [9.17, 15) is 9.59 Å². The van der Waals surface area contributed by atoms with Crippen LogP contribution in [0.1, 0.15) is 153 Å². The molecule has 5 nitrogen and oxygen atoms in total. The molecule has 1 aliphatic heterocycles. The van der Waals surface area contributed by atoms with Crippen molar-refractivity contribution < 1.29 is 23.8 Å². The molecule has 1 saturated carbocycles. The predicted molar refractivity (Wildman–Crippen MR) is 180 cm³/mol. The van der Waals surface area contributed by atoms with Crippen molar-refractivity contribution in [2.75, 3.05) is 13.2 Å². The van der Waals surface area contributed by atoms with E-state index in [0.29, 0.717) is 59.0 Å². The third-order valence-electron chi connectivity index (χ3n) is 11.5. The second kappa shape index (κ2) is 16.9. The molecule has 1 heterocycles. The van der Waals surface area contributed by atoms with E-state index in [0.717, 1.165) is 57.3 Å². The number of benzene rings is 1. The van der Waals surface area contributed by atoms with Crippen molar-refractivity contribution in [1.82, 2.24) is 0 Å². The second-order valence-corrected chi connectivity index (χ2v) is 14.4. The van der Waals surface area contributed by atoms with E-state index in [1.807, 2.05) is 0 Å². The maximum Gasteiger partial charge on any atom is 0.339 e. The summed E-state index contributed by atoms with van der Waals surface area (Å²) in [5, 5.41) is 0. The number of ether oxygens (including phenoxy) is 3. The Morgan fingerprint density at radius 2 is 1.39 bits per heavy atom. The number of hydrogen-bond donors (Lipinski definition) is 0. The summed E-state index contributed by atoms with van der Waals surface area (Å²) in [5.41, 5.74) is 1.43. The number of carbonyl (C=O) groups is 2. The van der Waals surface area contributed by atoms with Crippen LogP contribution < -0.4 is 0 Å². The Bertz CT molecular complexity index is 1040. The monoisotopic (exact) mass is 610 g/mol. The zero-order chi connectivity index (χ0) is 32.3. The molecule has 5 heteroatoms. The Hall–Kier alpha value is -2.30. The van der Waals surface area contributed by atoms with Crippen molar-refractivity contribution in [2.45, 2.75) is 139 Å². The average molecular weight is 611 g/mol. The summed E-state index contributed by atoms with van der Waals surface area (Å²) in [4.78, 5) is 25.1. The molecule has 0 aromatic heterocycles. The highest BCUT2D eigenvalue weighted by Gasteiger charge is 2.60. The highest BCUT2D eigenvalue weighted by Crippen LogP contribution is 2.64. The lowest BCUT2D eigenvalue weighted by Crippen LogP contribution is -2.55. The van der Waals surface area contributed by atoms with Gasteiger partial charge < -0.3 is 14.2 Å². The second-order valence-electron chi connectivity index (χ2n) is 14.4. The van der Waals surface area contributed by atoms with Gasteiger partial charge in [-0.05, 0) is 79.9 Å². The van der Waals surface area contributed by atoms with Gasteiger partial charge in [-0.3, -0.25) is 0 Å². The lowest BCUT2D eigenvalue weighted by Gasteiger charge is -2.58. The summed E-state index contributed by atoms with van der Waals surface area (Å²) in [6, 6.07) is 6.77. The zero-order valence-electron chi connectivity index (χ0n) is 29.2. The summed E-state index contributed by atoms with van der Waals surface area (Å²) in [5.74, 6) is 2.61. The number of unbranched alkanes of at least 4 members (excludes halogenated alkanes) is 2. The summed E-state index contributed by atoms with van der Waals surface area (Å²) in [7, 11) is 0. The van der Waals surface area contributed by atoms with Gasteiger partial charge in [0.1, 0.15) is 6.10 Å². The normalized spacial score (nSPS) is 28.4. The molecule has 0 amide bonds. The quantitative estimate of drug-likeness (QED) is 0.196. The fourth-order valence-electron chi connectivity index (χ4n) is 7.48. The SMILES string of the molecule is CC1CC[C@@]2(C)[C@@H](C1)OC1=CC[C@@]2(C)[C@@H]1C.CCCCC(CC)COC(=O)c1ccccc1C(=O)OCC(CC)CCCC. The molecule has 7 atom stereocenters. The average Bonchev–Trinajstić information content (AvgIpc) is 3.26. The molecule has 0 radical (unpaired) electrons. The number of rotatable bonds is 14. The number of hydrogen-bond acceptors (Lipinski definition) is 5. The van der Waals surface area contributed by atoms with Gasteiger partial charge in [-0.15, -0.1) is 0 Å². The Morgan fingerprint density at radius 1 is 0.864 bits per heavy atom. The molecule has 0 spiro atoms. The van der Waals surface area contributed by atoms with Gasteiger partial charge in [-0.1, -0.05) is 106 Å². The molecule has 2 aliphatic carbocycles. The number of carbonyl (C=O) groups excluding carboxylic acids is 2. The van der Waals surface area contributed by atoms with E-state index in [1.165, 1.54) is 31.4 Å². The smallest absolute Gasteiger partial charge is 0.339 e. The van der Waals surface area contributed by atoms with Crippen molar-refractivity contribution in [3.05, 3.63) is 47.2 Å². The van der Waals surface area contributed by atoms with Crippen LogP contribution in [0.4, 0.5) is 0 Å². The fraction of sp³-hybridized carbons (Fsp3) is 0.744. The minimum Gasteiger partial charge on any atom is -0.494 e. The maximum atomic E-state index is 12.6. The van der Waals surface area contributed by atoms with E-state index in [1.54, 1.807) is 24.3 Å². The van der Waals surface area contributed by atoms with Gasteiger partial charge in [0.15, 0.2) is 0 Å². The van der Waals surface area contributed by atoms with E-state index >= 15 is 0 Å². The minimum absolute atomic E-state index is 0.291. The Kier molecular flexibility index (Phi) is 13.9. The lowest BCUT2D eigenvalue weighted by molar-refractivity contribution is -0.161. The molecule has 1 aromatic carbocycles. The summed E-state index contributed by atoms with van der Waals surface area (Å²) >= 11 is 0. The Balaban J connectivity index is 0.000000275. The summed E-state index contributed by atoms with van der Waals surface area (Å²) in [6.45, 7) is 19.0. The van der Waals surface area contributed by atoms with E-state index in [-0.39, 0.29) is 0 Å². The molecular formula is C39H62O5. The molecule has 44 heavy (non-hydrogen) atoms. The van der Waals surface area contributed by atoms with Gasteiger partial charge in [-0.2, -0.15) is 0 Å². The molecule has 1 aromatic rings. The van der Waals surface area contributed by atoms with Gasteiger partial charge in [0, 0.05) is 11.3 Å². The molecule has 1 saturated heterocycles. The largest absolute Gasteiger partial charge is 0.494 e. The Labute approximate surface area is 268 Å². The number of esters is 2. The fourth-order valence-corrected chi connectivity index (χ4v) is 7.48. The molecule has 4 rings (SSSR count). The first-order chi connectivity index (χ1) is 21.0. The van der Waals surface area contributed by atoms with Crippen molar-refractivity contribution in [3.63, 3.8) is 0 Å².